The Morgan fingerprint density at radius 3 is 2.75 bits per heavy atom. The maximum atomic E-state index is 10.7. The van der Waals surface area contributed by atoms with E-state index in [2.05, 4.69) is 16.2 Å². The number of carbonyl (C=O) groups is 1. The molecule has 0 radical (unpaired) electrons. The highest BCUT2D eigenvalue weighted by molar-refractivity contribution is 6.33. The number of rotatable bonds is 3. The summed E-state index contributed by atoms with van der Waals surface area (Å²) in [5, 5.41) is 11.9. The third kappa shape index (κ3) is 2.88. The summed E-state index contributed by atoms with van der Waals surface area (Å²) >= 11 is 5.88. The van der Waals surface area contributed by atoms with Crippen molar-refractivity contribution in [3.05, 3.63) is 22.8 Å². The molecule has 0 unspecified atom stereocenters. The van der Waals surface area contributed by atoms with Crippen molar-refractivity contribution >= 4 is 23.4 Å². The van der Waals surface area contributed by atoms with Gasteiger partial charge >= 0.3 is 5.97 Å². The zero-order valence-corrected chi connectivity index (χ0v) is 9.67. The quantitative estimate of drug-likeness (QED) is 0.793. The molecule has 0 fully saturated rings. The highest BCUT2D eigenvalue weighted by atomic mass is 35.5. The second-order valence-electron chi connectivity index (χ2n) is 3.75. The minimum Gasteiger partial charge on any atom is -0.478 e. The van der Waals surface area contributed by atoms with Gasteiger partial charge < -0.3 is 10.4 Å². The Morgan fingerprint density at radius 2 is 2.31 bits per heavy atom. The summed E-state index contributed by atoms with van der Waals surface area (Å²) in [4.78, 5) is 14.6. The van der Waals surface area contributed by atoms with Crippen molar-refractivity contribution in [3.8, 4) is 12.3 Å². The lowest BCUT2D eigenvalue weighted by molar-refractivity contribution is 0.0696. The van der Waals surface area contributed by atoms with Gasteiger partial charge in [0, 0.05) is 6.20 Å². The van der Waals surface area contributed by atoms with Gasteiger partial charge in [-0.3, -0.25) is 0 Å². The van der Waals surface area contributed by atoms with Gasteiger partial charge in [-0.1, -0.05) is 17.5 Å². The van der Waals surface area contributed by atoms with E-state index in [1.165, 1.54) is 12.3 Å². The lowest BCUT2D eigenvalue weighted by Gasteiger charge is -2.20. The lowest BCUT2D eigenvalue weighted by atomic mass is 10.1. The fraction of sp³-hybridized carbons (Fsp3) is 0.273. The maximum Gasteiger partial charge on any atom is 0.337 e. The molecule has 0 amide bonds. The molecule has 0 aromatic carbocycles. The molecule has 1 rings (SSSR count). The van der Waals surface area contributed by atoms with Crippen LogP contribution < -0.4 is 5.32 Å². The molecule has 0 bridgehead atoms. The summed E-state index contributed by atoms with van der Waals surface area (Å²) in [5.74, 6) is 1.83. The molecule has 0 atom stereocenters. The molecule has 1 aromatic rings. The Balaban J connectivity index is 3.02. The first kappa shape index (κ1) is 12.3. The molecule has 0 aliphatic rings. The van der Waals surface area contributed by atoms with E-state index in [9.17, 15) is 4.79 Å². The molecule has 0 aliphatic heterocycles. The summed E-state index contributed by atoms with van der Waals surface area (Å²) in [6, 6.07) is 1.33. The van der Waals surface area contributed by atoms with E-state index in [0.29, 0.717) is 5.82 Å². The van der Waals surface area contributed by atoms with Crippen molar-refractivity contribution in [2.45, 2.75) is 19.4 Å². The molecule has 0 spiro atoms. The first-order valence-electron chi connectivity index (χ1n) is 4.50. The van der Waals surface area contributed by atoms with Gasteiger partial charge in [-0.05, 0) is 19.9 Å². The molecule has 16 heavy (non-hydrogen) atoms. The van der Waals surface area contributed by atoms with Crippen molar-refractivity contribution in [3.63, 3.8) is 0 Å². The Kier molecular flexibility index (Phi) is 3.41. The molecule has 84 valence electrons. The van der Waals surface area contributed by atoms with Crippen LogP contribution in [-0.2, 0) is 0 Å². The smallest absolute Gasteiger partial charge is 0.337 e. The maximum absolute atomic E-state index is 10.7. The molecule has 2 N–H and O–H groups in total. The predicted octanol–water partition coefficient (Wildman–Crippen LogP) is 2.26. The van der Waals surface area contributed by atoms with E-state index in [0.717, 1.165) is 0 Å². The number of pyridine rings is 1. The Bertz CT molecular complexity index is 464. The minimum absolute atomic E-state index is 0.0362. The van der Waals surface area contributed by atoms with Crippen LogP contribution in [0.1, 0.15) is 24.2 Å². The van der Waals surface area contributed by atoms with E-state index < -0.39 is 11.5 Å². The topological polar surface area (TPSA) is 62.2 Å². The number of halogens is 1. The number of nitrogens with one attached hydrogen (secondary N) is 1. The number of aromatic carboxylic acids is 1. The standard InChI is InChI=1S/C11H11ClN2O2/c1-4-11(2,3)14-9-8(12)5-7(6-13-9)10(15)16/h1,5-6H,2-3H3,(H,13,14)(H,15,16). The summed E-state index contributed by atoms with van der Waals surface area (Å²) < 4.78 is 0. The number of anilines is 1. The number of terminal acetylenes is 1. The third-order valence-corrected chi connectivity index (χ3v) is 2.17. The monoisotopic (exact) mass is 238 g/mol. The van der Waals surface area contributed by atoms with Crippen molar-refractivity contribution in [1.29, 1.82) is 0 Å². The van der Waals surface area contributed by atoms with Crippen LogP contribution in [0.25, 0.3) is 0 Å². The average molecular weight is 239 g/mol. The molecular formula is C11H11ClN2O2. The summed E-state index contributed by atoms with van der Waals surface area (Å²) in [6.07, 6.45) is 6.53. The summed E-state index contributed by atoms with van der Waals surface area (Å²) in [5.41, 5.74) is -0.560. The van der Waals surface area contributed by atoms with Gasteiger partial charge in [0.25, 0.3) is 0 Å². The van der Waals surface area contributed by atoms with E-state index in [1.54, 1.807) is 13.8 Å². The summed E-state index contributed by atoms with van der Waals surface area (Å²) in [6.45, 7) is 3.58. The zero-order valence-electron chi connectivity index (χ0n) is 8.91. The second kappa shape index (κ2) is 4.42. The van der Waals surface area contributed by atoms with Gasteiger partial charge in [-0.25, -0.2) is 9.78 Å². The third-order valence-electron chi connectivity index (χ3n) is 1.88. The number of nitrogens with zero attached hydrogens (tertiary/aromatic N) is 1. The SMILES string of the molecule is C#CC(C)(C)Nc1ncc(C(=O)O)cc1Cl. The Labute approximate surface area is 98.6 Å². The molecule has 1 aromatic heterocycles. The van der Waals surface area contributed by atoms with Crippen molar-refractivity contribution in [1.82, 2.24) is 4.98 Å². The molecule has 4 nitrogen and oxygen atoms in total. The van der Waals surface area contributed by atoms with Crippen molar-refractivity contribution in [2.75, 3.05) is 5.32 Å². The normalized spacial score (nSPS) is 10.6. The van der Waals surface area contributed by atoms with Crippen LogP contribution in [0.3, 0.4) is 0 Å². The van der Waals surface area contributed by atoms with Crippen LogP contribution >= 0.6 is 11.6 Å². The molecule has 0 aliphatic carbocycles. The number of carboxylic acid groups (broad SMARTS) is 1. The molecule has 0 saturated heterocycles. The average Bonchev–Trinajstić information content (AvgIpc) is 2.20. The predicted molar refractivity (Wildman–Crippen MR) is 62.7 cm³/mol. The fourth-order valence-corrected chi connectivity index (χ4v) is 1.19. The molecule has 1 heterocycles. The highest BCUT2D eigenvalue weighted by Gasteiger charge is 2.16. The van der Waals surface area contributed by atoms with Crippen LogP contribution in [0.15, 0.2) is 12.3 Å². The number of carboxylic acids is 1. The molecule has 0 saturated carbocycles. The van der Waals surface area contributed by atoms with Gasteiger partial charge in [0.15, 0.2) is 0 Å². The van der Waals surface area contributed by atoms with Crippen molar-refractivity contribution < 1.29 is 9.90 Å². The largest absolute Gasteiger partial charge is 0.478 e. The van der Waals surface area contributed by atoms with Gasteiger partial charge in [-0.2, -0.15) is 0 Å². The van der Waals surface area contributed by atoms with Crippen LogP contribution in [0.5, 0.6) is 0 Å². The minimum atomic E-state index is -1.07. The number of hydrogen-bond donors (Lipinski definition) is 2. The molecule has 5 heteroatoms. The van der Waals surface area contributed by atoms with Gasteiger partial charge in [0.2, 0.25) is 0 Å². The fourth-order valence-electron chi connectivity index (χ4n) is 0.979. The van der Waals surface area contributed by atoms with E-state index in [1.807, 2.05) is 0 Å². The lowest BCUT2D eigenvalue weighted by Crippen LogP contribution is -2.29. The number of hydrogen-bond acceptors (Lipinski definition) is 3. The van der Waals surface area contributed by atoms with E-state index in [-0.39, 0.29) is 10.6 Å². The summed E-state index contributed by atoms with van der Waals surface area (Å²) in [7, 11) is 0. The highest BCUT2D eigenvalue weighted by Crippen LogP contribution is 2.23. The first-order valence-corrected chi connectivity index (χ1v) is 4.88. The Hall–Kier alpha value is -1.73. The second-order valence-corrected chi connectivity index (χ2v) is 4.16. The Morgan fingerprint density at radius 1 is 1.69 bits per heavy atom. The number of aromatic nitrogens is 1. The molecular weight excluding hydrogens is 228 g/mol. The van der Waals surface area contributed by atoms with Gasteiger partial charge in [0.1, 0.15) is 5.82 Å². The van der Waals surface area contributed by atoms with Crippen LogP contribution in [-0.4, -0.2) is 21.6 Å². The van der Waals surface area contributed by atoms with Gasteiger partial charge in [-0.15, -0.1) is 6.42 Å². The van der Waals surface area contributed by atoms with E-state index >= 15 is 0 Å². The first-order chi connectivity index (χ1) is 7.35. The van der Waals surface area contributed by atoms with Crippen LogP contribution in [0.2, 0.25) is 5.02 Å². The van der Waals surface area contributed by atoms with Crippen molar-refractivity contribution in [2.24, 2.45) is 0 Å². The zero-order chi connectivity index (χ0) is 12.3. The van der Waals surface area contributed by atoms with Gasteiger partial charge in [0.05, 0.1) is 16.1 Å². The van der Waals surface area contributed by atoms with Crippen LogP contribution in [0.4, 0.5) is 5.82 Å². The van der Waals surface area contributed by atoms with E-state index in [4.69, 9.17) is 23.1 Å². The van der Waals surface area contributed by atoms with Crippen LogP contribution in [0, 0.1) is 12.3 Å².